The Morgan fingerprint density at radius 1 is 1.19 bits per heavy atom. The van der Waals surface area contributed by atoms with Crippen molar-refractivity contribution >= 4 is 5.91 Å². The van der Waals surface area contributed by atoms with Crippen LogP contribution in [0.2, 0.25) is 0 Å². The topological polar surface area (TPSA) is 35.6 Å². The summed E-state index contributed by atoms with van der Waals surface area (Å²) in [5, 5.41) is 3.46. The standard InChI is InChI=1S/C17H25N3O/c1-17(7-8-18-13-17)14-19-9-11-20(12-10-19)16(21)15-5-3-2-4-6-15/h2-6,18H,7-14H2,1H3. The molecule has 1 N–H and O–H groups in total. The molecule has 1 atom stereocenters. The highest BCUT2D eigenvalue weighted by atomic mass is 16.2. The third kappa shape index (κ3) is 3.44. The van der Waals surface area contributed by atoms with Crippen LogP contribution in [0.1, 0.15) is 23.7 Å². The van der Waals surface area contributed by atoms with E-state index in [9.17, 15) is 4.79 Å². The largest absolute Gasteiger partial charge is 0.336 e. The minimum absolute atomic E-state index is 0.170. The maximum atomic E-state index is 12.4. The van der Waals surface area contributed by atoms with E-state index in [4.69, 9.17) is 0 Å². The molecule has 3 rings (SSSR count). The van der Waals surface area contributed by atoms with E-state index in [0.717, 1.165) is 51.4 Å². The number of benzene rings is 1. The number of nitrogens with one attached hydrogen (secondary N) is 1. The molecule has 2 aliphatic rings. The average Bonchev–Trinajstić information content (AvgIpc) is 2.94. The number of carbonyl (C=O) groups is 1. The van der Waals surface area contributed by atoms with Crippen LogP contribution in [0.3, 0.4) is 0 Å². The minimum atomic E-state index is 0.170. The molecule has 1 amide bonds. The fourth-order valence-electron chi connectivity index (χ4n) is 3.42. The Balaban J connectivity index is 1.52. The normalized spacial score (nSPS) is 27.0. The van der Waals surface area contributed by atoms with Crippen molar-refractivity contribution in [3.8, 4) is 0 Å². The zero-order valence-electron chi connectivity index (χ0n) is 12.8. The van der Waals surface area contributed by atoms with E-state index >= 15 is 0 Å². The molecule has 0 saturated carbocycles. The van der Waals surface area contributed by atoms with E-state index in [0.29, 0.717) is 5.41 Å². The van der Waals surface area contributed by atoms with E-state index in [1.54, 1.807) is 0 Å². The second-order valence-electron chi connectivity index (χ2n) is 6.67. The van der Waals surface area contributed by atoms with Gasteiger partial charge in [0.25, 0.3) is 5.91 Å². The molecular weight excluding hydrogens is 262 g/mol. The monoisotopic (exact) mass is 287 g/mol. The molecule has 1 aromatic carbocycles. The van der Waals surface area contributed by atoms with E-state index in [2.05, 4.69) is 17.1 Å². The van der Waals surface area contributed by atoms with Crippen molar-refractivity contribution in [1.82, 2.24) is 15.1 Å². The summed E-state index contributed by atoms with van der Waals surface area (Å²) in [7, 11) is 0. The van der Waals surface area contributed by atoms with Crippen LogP contribution < -0.4 is 5.32 Å². The van der Waals surface area contributed by atoms with E-state index in [-0.39, 0.29) is 5.91 Å². The number of carbonyl (C=O) groups excluding carboxylic acids is 1. The van der Waals surface area contributed by atoms with Gasteiger partial charge >= 0.3 is 0 Å². The molecule has 0 bridgehead atoms. The number of amides is 1. The number of hydrogen-bond donors (Lipinski definition) is 1. The molecule has 21 heavy (non-hydrogen) atoms. The Hall–Kier alpha value is -1.39. The summed E-state index contributed by atoms with van der Waals surface area (Å²) in [6, 6.07) is 9.61. The molecular formula is C17H25N3O. The highest BCUT2D eigenvalue weighted by Gasteiger charge is 2.32. The first kappa shape index (κ1) is 14.5. The molecule has 2 heterocycles. The van der Waals surface area contributed by atoms with Crippen LogP contribution in [-0.2, 0) is 0 Å². The first-order valence-corrected chi connectivity index (χ1v) is 7.94. The van der Waals surface area contributed by atoms with E-state index in [1.807, 2.05) is 35.2 Å². The third-order valence-electron chi connectivity index (χ3n) is 4.74. The molecule has 1 unspecified atom stereocenters. The lowest BCUT2D eigenvalue weighted by molar-refractivity contribution is 0.0581. The van der Waals surface area contributed by atoms with Crippen molar-refractivity contribution in [1.29, 1.82) is 0 Å². The zero-order chi connectivity index (χ0) is 14.7. The summed E-state index contributed by atoms with van der Waals surface area (Å²) in [4.78, 5) is 16.9. The number of piperazine rings is 1. The summed E-state index contributed by atoms with van der Waals surface area (Å²) >= 11 is 0. The van der Waals surface area contributed by atoms with Gasteiger partial charge in [0.05, 0.1) is 0 Å². The first-order chi connectivity index (χ1) is 10.2. The van der Waals surface area contributed by atoms with Crippen LogP contribution in [0.15, 0.2) is 30.3 Å². The lowest BCUT2D eigenvalue weighted by Gasteiger charge is -2.38. The fourth-order valence-corrected chi connectivity index (χ4v) is 3.42. The molecule has 1 aromatic rings. The van der Waals surface area contributed by atoms with Crippen LogP contribution in [0.25, 0.3) is 0 Å². The van der Waals surface area contributed by atoms with Gasteiger partial charge in [-0.15, -0.1) is 0 Å². The van der Waals surface area contributed by atoms with Gasteiger partial charge < -0.3 is 10.2 Å². The molecule has 4 nitrogen and oxygen atoms in total. The van der Waals surface area contributed by atoms with Crippen LogP contribution in [-0.4, -0.2) is 61.5 Å². The molecule has 2 aliphatic heterocycles. The molecule has 0 spiro atoms. The Labute approximate surface area is 127 Å². The SMILES string of the molecule is CC1(CN2CCN(C(=O)c3ccccc3)CC2)CCNC1. The van der Waals surface area contributed by atoms with Crippen molar-refractivity contribution in [3.05, 3.63) is 35.9 Å². The minimum Gasteiger partial charge on any atom is -0.336 e. The van der Waals surface area contributed by atoms with Gasteiger partial charge in [-0.25, -0.2) is 0 Å². The lowest BCUT2D eigenvalue weighted by Crippen LogP contribution is -2.51. The molecule has 0 radical (unpaired) electrons. The van der Waals surface area contributed by atoms with Crippen molar-refractivity contribution < 1.29 is 4.79 Å². The van der Waals surface area contributed by atoms with Crippen molar-refractivity contribution in [3.63, 3.8) is 0 Å². The summed E-state index contributed by atoms with van der Waals surface area (Å²) in [5.74, 6) is 0.170. The number of rotatable bonds is 3. The summed E-state index contributed by atoms with van der Waals surface area (Å²) < 4.78 is 0. The molecule has 2 fully saturated rings. The Bertz CT molecular complexity index is 474. The van der Waals surface area contributed by atoms with Gasteiger partial charge in [-0.2, -0.15) is 0 Å². The van der Waals surface area contributed by atoms with Crippen LogP contribution in [0.5, 0.6) is 0 Å². The van der Waals surface area contributed by atoms with Crippen molar-refractivity contribution in [2.45, 2.75) is 13.3 Å². The van der Waals surface area contributed by atoms with Gasteiger partial charge in [-0.05, 0) is 30.5 Å². The second kappa shape index (κ2) is 6.16. The van der Waals surface area contributed by atoms with Gasteiger partial charge in [-0.3, -0.25) is 9.69 Å². The van der Waals surface area contributed by atoms with Crippen molar-refractivity contribution in [2.75, 3.05) is 45.8 Å². The fraction of sp³-hybridized carbons (Fsp3) is 0.588. The Morgan fingerprint density at radius 2 is 1.90 bits per heavy atom. The van der Waals surface area contributed by atoms with Gasteiger partial charge in [0, 0.05) is 44.8 Å². The number of hydrogen-bond acceptors (Lipinski definition) is 3. The Morgan fingerprint density at radius 3 is 2.52 bits per heavy atom. The summed E-state index contributed by atoms with van der Waals surface area (Å²) in [6.45, 7) is 9.46. The van der Waals surface area contributed by atoms with Gasteiger partial charge in [0.1, 0.15) is 0 Å². The third-order valence-corrected chi connectivity index (χ3v) is 4.74. The lowest BCUT2D eigenvalue weighted by atomic mass is 9.89. The first-order valence-electron chi connectivity index (χ1n) is 7.94. The van der Waals surface area contributed by atoms with Gasteiger partial charge in [0.2, 0.25) is 0 Å². The summed E-state index contributed by atoms with van der Waals surface area (Å²) in [6.07, 6.45) is 1.26. The predicted molar refractivity (Wildman–Crippen MR) is 84.4 cm³/mol. The highest BCUT2D eigenvalue weighted by molar-refractivity contribution is 5.94. The molecule has 114 valence electrons. The van der Waals surface area contributed by atoms with Gasteiger partial charge in [-0.1, -0.05) is 25.1 Å². The van der Waals surface area contributed by atoms with Crippen molar-refractivity contribution in [2.24, 2.45) is 5.41 Å². The molecule has 4 heteroatoms. The predicted octanol–water partition coefficient (Wildman–Crippen LogP) is 1.44. The van der Waals surface area contributed by atoms with Crippen LogP contribution in [0, 0.1) is 5.41 Å². The van der Waals surface area contributed by atoms with Gasteiger partial charge in [0.15, 0.2) is 0 Å². The maximum absolute atomic E-state index is 12.4. The Kier molecular flexibility index (Phi) is 4.27. The molecule has 2 saturated heterocycles. The second-order valence-corrected chi connectivity index (χ2v) is 6.67. The average molecular weight is 287 g/mol. The quantitative estimate of drug-likeness (QED) is 0.914. The molecule has 0 aromatic heterocycles. The zero-order valence-corrected chi connectivity index (χ0v) is 12.8. The number of nitrogens with zero attached hydrogens (tertiary/aromatic N) is 2. The van der Waals surface area contributed by atoms with Crippen LogP contribution >= 0.6 is 0 Å². The highest BCUT2D eigenvalue weighted by Crippen LogP contribution is 2.26. The maximum Gasteiger partial charge on any atom is 0.253 e. The van der Waals surface area contributed by atoms with E-state index < -0.39 is 0 Å². The molecule has 0 aliphatic carbocycles. The van der Waals surface area contributed by atoms with E-state index in [1.165, 1.54) is 6.42 Å². The summed E-state index contributed by atoms with van der Waals surface area (Å²) in [5.41, 5.74) is 1.21. The smallest absolute Gasteiger partial charge is 0.253 e. The van der Waals surface area contributed by atoms with Crippen LogP contribution in [0.4, 0.5) is 0 Å².